The number of hydrogen-bond acceptors (Lipinski definition) is 3. The number of rotatable bonds is 3. The Morgan fingerprint density at radius 3 is 2.38 bits per heavy atom. The second-order valence-corrected chi connectivity index (χ2v) is 7.04. The van der Waals surface area contributed by atoms with Gasteiger partial charge < -0.3 is 0 Å². The molecule has 0 amide bonds. The predicted octanol–water partition coefficient (Wildman–Crippen LogP) is 3.13. The van der Waals surface area contributed by atoms with Crippen molar-refractivity contribution in [2.45, 2.75) is 42.8 Å². The Balaban J connectivity index is 2.02. The van der Waals surface area contributed by atoms with E-state index in [1.165, 1.54) is 18.3 Å². The molecule has 0 aromatic carbocycles. The minimum Gasteiger partial charge on any atom is -0.243 e. The fourth-order valence-electron chi connectivity index (χ4n) is 2.39. The summed E-state index contributed by atoms with van der Waals surface area (Å²) in [4.78, 5) is 3.52. The van der Waals surface area contributed by atoms with Crippen LogP contribution >= 0.6 is 11.6 Å². The molecule has 1 aromatic heterocycles. The van der Waals surface area contributed by atoms with Crippen LogP contribution in [0.5, 0.6) is 0 Å². The lowest BCUT2D eigenvalue weighted by Gasteiger charge is -2.30. The van der Waals surface area contributed by atoms with Crippen LogP contribution in [0.25, 0.3) is 0 Å². The summed E-state index contributed by atoms with van der Waals surface area (Å²) in [5.74, 6) is -1.35. The van der Waals surface area contributed by atoms with Gasteiger partial charge in [0.15, 0.2) is 0 Å². The van der Waals surface area contributed by atoms with Gasteiger partial charge in [0.25, 0.3) is 0 Å². The Morgan fingerprint density at radius 1 is 1.24 bits per heavy atom. The summed E-state index contributed by atoms with van der Waals surface area (Å²) in [6.07, 6.45) is -2.69. The first kappa shape index (κ1) is 16.5. The van der Waals surface area contributed by atoms with Crippen molar-refractivity contribution in [3.05, 3.63) is 23.5 Å². The molecule has 0 spiro atoms. The van der Waals surface area contributed by atoms with E-state index in [0.717, 1.165) is 0 Å². The normalized spacial score (nSPS) is 24.0. The molecule has 0 aliphatic heterocycles. The molecule has 1 aliphatic carbocycles. The zero-order valence-corrected chi connectivity index (χ0v) is 12.5. The number of aromatic nitrogens is 1. The van der Waals surface area contributed by atoms with E-state index in [1.807, 2.05) is 0 Å². The molecule has 0 bridgehead atoms. The smallest absolute Gasteiger partial charge is 0.243 e. The average Bonchev–Trinajstić information content (AvgIpc) is 2.38. The van der Waals surface area contributed by atoms with Crippen molar-refractivity contribution in [1.82, 2.24) is 9.71 Å². The van der Waals surface area contributed by atoms with E-state index in [-0.39, 0.29) is 35.7 Å². The maximum Gasteiger partial charge on any atom is 0.391 e. The van der Waals surface area contributed by atoms with Gasteiger partial charge in [-0.15, -0.1) is 0 Å². The van der Waals surface area contributed by atoms with Crippen LogP contribution in [0.15, 0.2) is 23.2 Å². The van der Waals surface area contributed by atoms with Crippen molar-refractivity contribution in [3.63, 3.8) is 0 Å². The molecule has 0 saturated heterocycles. The Hall–Kier alpha value is -0.860. The third kappa shape index (κ3) is 4.08. The molecule has 1 heterocycles. The lowest BCUT2D eigenvalue weighted by molar-refractivity contribution is -0.182. The molecule has 1 N–H and O–H groups in total. The van der Waals surface area contributed by atoms with Gasteiger partial charge in [-0.1, -0.05) is 11.6 Å². The molecule has 0 atom stereocenters. The molecular formula is C12H14ClF3N2O2S. The molecule has 2 rings (SSSR count). The van der Waals surface area contributed by atoms with Crippen LogP contribution in [-0.4, -0.2) is 25.6 Å². The topological polar surface area (TPSA) is 59.1 Å². The molecule has 21 heavy (non-hydrogen) atoms. The van der Waals surface area contributed by atoms with Gasteiger partial charge in [0.2, 0.25) is 10.0 Å². The van der Waals surface area contributed by atoms with Crippen LogP contribution in [0.4, 0.5) is 13.2 Å². The summed E-state index contributed by atoms with van der Waals surface area (Å²) in [5.41, 5.74) is 0. The highest BCUT2D eigenvalue weighted by Crippen LogP contribution is 2.37. The minimum absolute atomic E-state index is 0.0720. The highest BCUT2D eigenvalue weighted by molar-refractivity contribution is 7.89. The zero-order valence-electron chi connectivity index (χ0n) is 10.9. The van der Waals surface area contributed by atoms with Crippen LogP contribution < -0.4 is 4.72 Å². The Kier molecular flexibility index (Phi) is 4.79. The Bertz CT molecular complexity index is 599. The number of alkyl halides is 3. The zero-order chi connectivity index (χ0) is 15.7. The molecule has 1 saturated carbocycles. The molecule has 1 aliphatic rings. The van der Waals surface area contributed by atoms with E-state index in [1.54, 1.807) is 0 Å². The molecular weight excluding hydrogens is 329 g/mol. The maximum absolute atomic E-state index is 12.6. The van der Waals surface area contributed by atoms with Crippen LogP contribution in [0.3, 0.4) is 0 Å². The number of sulfonamides is 1. The number of nitrogens with one attached hydrogen (secondary N) is 1. The Morgan fingerprint density at radius 2 is 1.86 bits per heavy atom. The molecule has 118 valence electrons. The lowest BCUT2D eigenvalue weighted by Crippen LogP contribution is -2.40. The first-order valence-corrected chi connectivity index (χ1v) is 8.26. The van der Waals surface area contributed by atoms with Crippen LogP contribution in [0.2, 0.25) is 5.15 Å². The van der Waals surface area contributed by atoms with Gasteiger partial charge in [0.05, 0.1) is 5.92 Å². The summed E-state index contributed by atoms with van der Waals surface area (Å²) in [5, 5.41) is -0.158. The Labute approximate surface area is 125 Å². The van der Waals surface area contributed by atoms with E-state index in [9.17, 15) is 21.6 Å². The number of pyridine rings is 1. The van der Waals surface area contributed by atoms with Crippen molar-refractivity contribution in [2.24, 2.45) is 5.92 Å². The van der Waals surface area contributed by atoms with Crippen LogP contribution in [0.1, 0.15) is 25.7 Å². The second-order valence-electron chi connectivity index (χ2n) is 5.00. The fraction of sp³-hybridized carbons (Fsp3) is 0.583. The average molecular weight is 343 g/mol. The summed E-state index contributed by atoms with van der Waals surface area (Å²) >= 11 is 5.73. The third-order valence-electron chi connectivity index (χ3n) is 3.53. The minimum atomic E-state index is -4.21. The first-order chi connectivity index (χ1) is 9.70. The van der Waals surface area contributed by atoms with Crippen LogP contribution in [-0.2, 0) is 10.0 Å². The standard InChI is InChI=1S/C12H14ClF3N2O2S/c13-11-10(2-1-7-17-11)21(19,20)18-9-5-3-8(4-6-9)12(14,15)16/h1-2,7-9,18H,3-6H2. The highest BCUT2D eigenvalue weighted by Gasteiger charge is 2.42. The molecule has 1 fully saturated rings. The molecule has 9 heteroatoms. The van der Waals surface area contributed by atoms with E-state index in [0.29, 0.717) is 0 Å². The summed E-state index contributed by atoms with van der Waals surface area (Å²) in [6.45, 7) is 0. The second kappa shape index (κ2) is 6.10. The summed E-state index contributed by atoms with van der Waals surface area (Å²) < 4.78 is 64.4. The number of halogens is 4. The number of nitrogens with zero attached hydrogens (tertiary/aromatic N) is 1. The van der Waals surface area contributed by atoms with Crippen molar-refractivity contribution in [3.8, 4) is 0 Å². The first-order valence-electron chi connectivity index (χ1n) is 6.40. The largest absolute Gasteiger partial charge is 0.391 e. The maximum atomic E-state index is 12.6. The van der Waals surface area contributed by atoms with E-state index < -0.39 is 28.2 Å². The van der Waals surface area contributed by atoms with Crippen molar-refractivity contribution >= 4 is 21.6 Å². The quantitative estimate of drug-likeness (QED) is 0.858. The van der Waals surface area contributed by atoms with Gasteiger partial charge >= 0.3 is 6.18 Å². The van der Waals surface area contributed by atoms with E-state index in [4.69, 9.17) is 11.6 Å². The molecule has 0 unspecified atom stereocenters. The summed E-state index contributed by atoms with van der Waals surface area (Å²) in [7, 11) is -3.87. The van der Waals surface area contributed by atoms with Gasteiger partial charge in [0.1, 0.15) is 10.0 Å². The predicted molar refractivity (Wildman–Crippen MR) is 71.4 cm³/mol. The highest BCUT2D eigenvalue weighted by atomic mass is 35.5. The van der Waals surface area contributed by atoms with Gasteiger partial charge in [-0.2, -0.15) is 13.2 Å². The van der Waals surface area contributed by atoms with Crippen LogP contribution in [0, 0.1) is 5.92 Å². The van der Waals surface area contributed by atoms with Gasteiger partial charge in [-0.3, -0.25) is 0 Å². The SMILES string of the molecule is O=S(=O)(NC1CCC(C(F)(F)F)CC1)c1cccnc1Cl. The van der Waals surface area contributed by atoms with Crippen molar-refractivity contribution in [1.29, 1.82) is 0 Å². The lowest BCUT2D eigenvalue weighted by atomic mass is 9.86. The monoisotopic (exact) mass is 342 g/mol. The van der Waals surface area contributed by atoms with Gasteiger partial charge in [-0.25, -0.2) is 18.1 Å². The van der Waals surface area contributed by atoms with E-state index in [2.05, 4.69) is 9.71 Å². The van der Waals surface area contributed by atoms with E-state index >= 15 is 0 Å². The molecule has 4 nitrogen and oxygen atoms in total. The summed E-state index contributed by atoms with van der Waals surface area (Å²) in [6, 6.07) is 2.23. The van der Waals surface area contributed by atoms with Crippen molar-refractivity contribution < 1.29 is 21.6 Å². The third-order valence-corrected chi connectivity index (χ3v) is 5.49. The van der Waals surface area contributed by atoms with Gasteiger partial charge in [-0.05, 0) is 37.8 Å². The number of hydrogen-bond donors (Lipinski definition) is 1. The molecule has 1 aromatic rings. The molecule has 0 radical (unpaired) electrons. The fourth-order valence-corrected chi connectivity index (χ4v) is 4.15. The van der Waals surface area contributed by atoms with Crippen molar-refractivity contribution in [2.75, 3.05) is 0 Å². The van der Waals surface area contributed by atoms with Gasteiger partial charge in [0, 0.05) is 12.2 Å².